The van der Waals surface area contributed by atoms with Crippen molar-refractivity contribution in [3.05, 3.63) is 37.7 Å². The molecule has 0 spiro atoms. The van der Waals surface area contributed by atoms with Crippen LogP contribution >= 0.6 is 43.2 Å². The molecule has 0 aliphatic heterocycles. The second-order valence-electron chi connectivity index (χ2n) is 3.94. The van der Waals surface area contributed by atoms with Crippen LogP contribution in [0.25, 0.3) is 0 Å². The van der Waals surface area contributed by atoms with E-state index in [0.717, 1.165) is 20.2 Å². The summed E-state index contributed by atoms with van der Waals surface area (Å²) in [6.07, 6.45) is -0.0611. The molecule has 1 heterocycles. The maximum atomic E-state index is 10.6. The second kappa shape index (κ2) is 6.02. The van der Waals surface area contributed by atoms with E-state index in [4.69, 9.17) is 5.11 Å². The van der Waals surface area contributed by atoms with Gasteiger partial charge in [0.15, 0.2) is 5.13 Å². The van der Waals surface area contributed by atoms with Crippen molar-refractivity contribution in [1.29, 1.82) is 0 Å². The van der Waals surface area contributed by atoms with Crippen LogP contribution in [0.5, 0.6) is 0 Å². The van der Waals surface area contributed by atoms with E-state index in [9.17, 15) is 4.79 Å². The number of aromatic nitrogens is 1. The number of aryl methyl sites for hydroxylation is 1. The number of carbonyl (C=O) groups is 1. The highest BCUT2D eigenvalue weighted by Crippen LogP contribution is 2.35. The number of carboxylic acids is 1. The van der Waals surface area contributed by atoms with E-state index in [1.54, 1.807) is 5.38 Å². The lowest BCUT2D eigenvalue weighted by molar-refractivity contribution is -0.136. The first kappa shape index (κ1) is 14.5. The summed E-state index contributed by atoms with van der Waals surface area (Å²) < 4.78 is 1.85. The molecule has 7 heteroatoms. The van der Waals surface area contributed by atoms with Crippen LogP contribution in [0.3, 0.4) is 0 Å². The Morgan fingerprint density at radius 3 is 2.63 bits per heavy atom. The van der Waals surface area contributed by atoms with E-state index in [0.29, 0.717) is 10.8 Å². The molecular formula is C12H10Br2N2O2S. The summed E-state index contributed by atoms with van der Waals surface area (Å²) >= 11 is 8.37. The molecule has 0 aliphatic rings. The van der Waals surface area contributed by atoms with Crippen molar-refractivity contribution in [3.63, 3.8) is 0 Å². The number of thiazole rings is 1. The quantitative estimate of drug-likeness (QED) is 0.793. The molecule has 0 bridgehead atoms. The highest BCUT2D eigenvalue weighted by atomic mass is 79.9. The number of hydrogen-bond donors (Lipinski definition) is 2. The molecule has 0 saturated carbocycles. The Morgan fingerprint density at radius 1 is 1.42 bits per heavy atom. The Kier molecular flexibility index (Phi) is 4.59. The van der Waals surface area contributed by atoms with Gasteiger partial charge in [0.2, 0.25) is 0 Å². The van der Waals surface area contributed by atoms with Gasteiger partial charge in [0.25, 0.3) is 0 Å². The highest BCUT2D eigenvalue weighted by Gasteiger charge is 2.10. The number of halogens is 2. The van der Waals surface area contributed by atoms with Gasteiger partial charge in [-0.25, -0.2) is 4.98 Å². The van der Waals surface area contributed by atoms with Crippen molar-refractivity contribution < 1.29 is 9.90 Å². The van der Waals surface area contributed by atoms with E-state index in [1.165, 1.54) is 11.3 Å². The minimum Gasteiger partial charge on any atom is -0.481 e. The van der Waals surface area contributed by atoms with Gasteiger partial charge in [0, 0.05) is 14.3 Å². The SMILES string of the molecule is Cc1cc(Br)c(Nc2nc(CC(=O)O)cs2)c(Br)c1. The molecule has 0 atom stereocenters. The van der Waals surface area contributed by atoms with Crippen LogP contribution in [0.1, 0.15) is 11.3 Å². The number of carboxylic acid groups (broad SMARTS) is 1. The first-order chi connectivity index (χ1) is 8.95. The van der Waals surface area contributed by atoms with Gasteiger partial charge in [-0.05, 0) is 56.5 Å². The van der Waals surface area contributed by atoms with Gasteiger partial charge >= 0.3 is 5.97 Å². The van der Waals surface area contributed by atoms with Crippen LogP contribution in [-0.4, -0.2) is 16.1 Å². The van der Waals surface area contributed by atoms with Crippen molar-refractivity contribution in [2.24, 2.45) is 0 Å². The minimum absolute atomic E-state index is 0.0611. The van der Waals surface area contributed by atoms with Gasteiger partial charge in [-0.3, -0.25) is 4.79 Å². The number of nitrogens with one attached hydrogen (secondary N) is 1. The molecule has 4 nitrogen and oxygen atoms in total. The third kappa shape index (κ3) is 3.77. The van der Waals surface area contributed by atoms with E-state index in [1.807, 2.05) is 19.1 Å². The van der Waals surface area contributed by atoms with E-state index >= 15 is 0 Å². The molecule has 1 aromatic heterocycles. The minimum atomic E-state index is -0.880. The molecule has 19 heavy (non-hydrogen) atoms. The molecule has 1 aromatic carbocycles. The van der Waals surface area contributed by atoms with E-state index in [2.05, 4.69) is 42.2 Å². The maximum Gasteiger partial charge on any atom is 0.309 e. The first-order valence-electron chi connectivity index (χ1n) is 5.34. The molecule has 2 aromatic rings. The van der Waals surface area contributed by atoms with Crippen LogP contribution in [-0.2, 0) is 11.2 Å². The fraction of sp³-hybridized carbons (Fsp3) is 0.167. The van der Waals surface area contributed by atoms with Gasteiger partial charge in [0.05, 0.1) is 17.8 Å². The fourth-order valence-corrected chi connectivity index (χ4v) is 3.85. The van der Waals surface area contributed by atoms with Crippen LogP contribution < -0.4 is 5.32 Å². The maximum absolute atomic E-state index is 10.6. The molecule has 2 N–H and O–H groups in total. The second-order valence-corrected chi connectivity index (χ2v) is 6.51. The number of nitrogens with zero attached hydrogens (tertiary/aromatic N) is 1. The fourth-order valence-electron chi connectivity index (χ4n) is 1.53. The van der Waals surface area contributed by atoms with Crippen LogP contribution in [0.2, 0.25) is 0 Å². The zero-order valence-electron chi connectivity index (χ0n) is 9.91. The molecule has 0 saturated heterocycles. The number of rotatable bonds is 4. The lowest BCUT2D eigenvalue weighted by Crippen LogP contribution is -2.00. The Hall–Kier alpha value is -0.920. The molecule has 0 aliphatic carbocycles. The van der Waals surface area contributed by atoms with Gasteiger partial charge in [-0.2, -0.15) is 0 Å². The molecule has 100 valence electrons. The molecule has 0 fully saturated rings. The molecule has 0 amide bonds. The summed E-state index contributed by atoms with van der Waals surface area (Å²) in [5, 5.41) is 14.3. The van der Waals surface area contributed by atoms with Crippen LogP contribution in [0, 0.1) is 6.92 Å². The lowest BCUT2D eigenvalue weighted by Gasteiger charge is -2.09. The predicted molar refractivity (Wildman–Crippen MR) is 83.3 cm³/mol. The highest BCUT2D eigenvalue weighted by molar-refractivity contribution is 9.11. The normalized spacial score (nSPS) is 10.5. The number of benzene rings is 1. The number of anilines is 2. The zero-order chi connectivity index (χ0) is 14.0. The molecule has 0 unspecified atom stereocenters. The Balaban J connectivity index is 2.22. The first-order valence-corrected chi connectivity index (χ1v) is 7.81. The van der Waals surface area contributed by atoms with Crippen molar-refractivity contribution >= 4 is 60.0 Å². The topological polar surface area (TPSA) is 62.2 Å². The van der Waals surface area contributed by atoms with Crippen LogP contribution in [0.4, 0.5) is 10.8 Å². The predicted octanol–water partition coefficient (Wildman–Crippen LogP) is 4.35. The summed E-state index contributed by atoms with van der Waals surface area (Å²) in [6, 6.07) is 4.00. The molecule has 2 rings (SSSR count). The zero-order valence-corrected chi connectivity index (χ0v) is 13.9. The standard InChI is InChI=1S/C12H10Br2N2O2S/c1-6-2-8(13)11(9(14)3-6)16-12-15-7(5-19-12)4-10(17)18/h2-3,5H,4H2,1H3,(H,15,16)(H,17,18). The third-order valence-electron chi connectivity index (χ3n) is 2.30. The van der Waals surface area contributed by atoms with E-state index < -0.39 is 5.97 Å². The smallest absolute Gasteiger partial charge is 0.309 e. The summed E-state index contributed by atoms with van der Waals surface area (Å²) in [4.78, 5) is 14.8. The Morgan fingerprint density at radius 2 is 2.05 bits per heavy atom. The average Bonchev–Trinajstić information content (AvgIpc) is 2.70. The van der Waals surface area contributed by atoms with Crippen molar-refractivity contribution in [2.75, 3.05) is 5.32 Å². The van der Waals surface area contributed by atoms with Gasteiger partial charge in [-0.1, -0.05) is 0 Å². The number of aliphatic carboxylic acids is 1. The van der Waals surface area contributed by atoms with Gasteiger partial charge in [-0.15, -0.1) is 11.3 Å². The van der Waals surface area contributed by atoms with Crippen molar-refractivity contribution in [3.8, 4) is 0 Å². The van der Waals surface area contributed by atoms with Crippen LogP contribution in [0.15, 0.2) is 26.5 Å². The van der Waals surface area contributed by atoms with E-state index in [-0.39, 0.29) is 6.42 Å². The summed E-state index contributed by atoms with van der Waals surface area (Å²) in [5.74, 6) is -0.880. The number of hydrogen-bond acceptors (Lipinski definition) is 4. The summed E-state index contributed by atoms with van der Waals surface area (Å²) in [6.45, 7) is 2.01. The Bertz CT molecular complexity index is 605. The van der Waals surface area contributed by atoms with Gasteiger partial charge in [0.1, 0.15) is 0 Å². The molecule has 0 radical (unpaired) electrons. The Labute approximate surface area is 131 Å². The van der Waals surface area contributed by atoms with Gasteiger partial charge < -0.3 is 10.4 Å². The average molecular weight is 406 g/mol. The summed E-state index contributed by atoms with van der Waals surface area (Å²) in [5.41, 5.74) is 2.57. The summed E-state index contributed by atoms with van der Waals surface area (Å²) in [7, 11) is 0. The van der Waals surface area contributed by atoms with Crippen molar-refractivity contribution in [2.45, 2.75) is 13.3 Å². The monoisotopic (exact) mass is 404 g/mol. The molecular weight excluding hydrogens is 396 g/mol. The third-order valence-corrected chi connectivity index (χ3v) is 4.36. The lowest BCUT2D eigenvalue weighted by atomic mass is 10.2. The largest absolute Gasteiger partial charge is 0.481 e. The van der Waals surface area contributed by atoms with Crippen molar-refractivity contribution in [1.82, 2.24) is 4.98 Å².